The predicted molar refractivity (Wildman–Crippen MR) is 103 cm³/mol. The zero-order valence-corrected chi connectivity index (χ0v) is 16.1. The number of halogens is 1. The van der Waals surface area contributed by atoms with E-state index >= 15 is 0 Å². The van der Waals surface area contributed by atoms with Crippen molar-refractivity contribution < 1.29 is 23.5 Å². The molecule has 0 saturated carbocycles. The lowest BCUT2D eigenvalue weighted by Crippen LogP contribution is -2.34. The number of methoxy groups -OCH3 is 2. The molecule has 0 unspecified atom stereocenters. The SMILES string of the molecule is COc1ccc(N2C[C@H](C(=O)N[C@H](C)c3ccc(OC)c(F)c3)CC2=O)cc1. The second-order valence-corrected chi connectivity index (χ2v) is 6.73. The highest BCUT2D eigenvalue weighted by Gasteiger charge is 2.35. The van der Waals surface area contributed by atoms with Gasteiger partial charge in [0, 0.05) is 18.7 Å². The molecule has 1 aliphatic heterocycles. The second-order valence-electron chi connectivity index (χ2n) is 6.73. The van der Waals surface area contributed by atoms with E-state index < -0.39 is 17.8 Å². The minimum Gasteiger partial charge on any atom is -0.497 e. The number of rotatable bonds is 6. The van der Waals surface area contributed by atoms with Gasteiger partial charge >= 0.3 is 0 Å². The van der Waals surface area contributed by atoms with Crippen molar-refractivity contribution in [1.82, 2.24) is 5.32 Å². The van der Waals surface area contributed by atoms with Gasteiger partial charge < -0.3 is 19.7 Å². The van der Waals surface area contributed by atoms with Crippen molar-refractivity contribution in [2.75, 3.05) is 25.7 Å². The van der Waals surface area contributed by atoms with E-state index in [4.69, 9.17) is 9.47 Å². The lowest BCUT2D eigenvalue weighted by atomic mass is 10.0. The maximum atomic E-state index is 13.9. The molecule has 0 aromatic heterocycles. The van der Waals surface area contributed by atoms with Gasteiger partial charge in [-0.1, -0.05) is 6.07 Å². The number of carbonyl (C=O) groups is 2. The molecule has 1 N–H and O–H groups in total. The Labute approximate surface area is 163 Å². The third-order valence-corrected chi connectivity index (χ3v) is 4.91. The monoisotopic (exact) mass is 386 g/mol. The molecule has 1 heterocycles. The highest BCUT2D eigenvalue weighted by atomic mass is 19.1. The molecule has 0 aliphatic carbocycles. The van der Waals surface area contributed by atoms with Gasteiger partial charge in [-0.15, -0.1) is 0 Å². The number of amides is 2. The largest absolute Gasteiger partial charge is 0.497 e. The van der Waals surface area contributed by atoms with Gasteiger partial charge in [0.1, 0.15) is 5.75 Å². The Bertz CT molecular complexity index is 869. The summed E-state index contributed by atoms with van der Waals surface area (Å²) in [4.78, 5) is 26.6. The fourth-order valence-electron chi connectivity index (χ4n) is 3.26. The Hall–Kier alpha value is -3.09. The number of hydrogen-bond acceptors (Lipinski definition) is 4. The van der Waals surface area contributed by atoms with E-state index in [1.54, 1.807) is 49.3 Å². The van der Waals surface area contributed by atoms with Crippen LogP contribution < -0.4 is 19.7 Å². The summed E-state index contributed by atoms with van der Waals surface area (Å²) >= 11 is 0. The zero-order chi connectivity index (χ0) is 20.3. The third-order valence-electron chi connectivity index (χ3n) is 4.91. The molecule has 148 valence electrons. The summed E-state index contributed by atoms with van der Waals surface area (Å²) in [5.41, 5.74) is 1.36. The van der Waals surface area contributed by atoms with Crippen molar-refractivity contribution in [2.24, 2.45) is 5.92 Å². The lowest BCUT2D eigenvalue weighted by Gasteiger charge is -2.19. The fraction of sp³-hybridized carbons (Fsp3) is 0.333. The van der Waals surface area contributed by atoms with Gasteiger partial charge in [-0.25, -0.2) is 4.39 Å². The predicted octanol–water partition coefficient (Wildman–Crippen LogP) is 3.07. The molecule has 1 fully saturated rings. The molecule has 2 aromatic rings. The highest BCUT2D eigenvalue weighted by molar-refractivity contribution is 6.00. The Morgan fingerprint density at radius 2 is 1.89 bits per heavy atom. The minimum absolute atomic E-state index is 0.103. The first-order valence-electron chi connectivity index (χ1n) is 9.01. The van der Waals surface area contributed by atoms with Crippen LogP contribution >= 0.6 is 0 Å². The Kier molecular flexibility index (Phi) is 5.82. The number of benzene rings is 2. The van der Waals surface area contributed by atoms with Crippen LogP contribution in [0, 0.1) is 11.7 Å². The topological polar surface area (TPSA) is 67.9 Å². The number of nitrogens with zero attached hydrogens (tertiary/aromatic N) is 1. The molecule has 1 saturated heterocycles. The fourth-order valence-corrected chi connectivity index (χ4v) is 3.26. The molecule has 2 atom stereocenters. The maximum Gasteiger partial charge on any atom is 0.227 e. The van der Waals surface area contributed by atoms with Gasteiger partial charge in [0.2, 0.25) is 11.8 Å². The summed E-state index contributed by atoms with van der Waals surface area (Å²) in [6.07, 6.45) is 0.140. The van der Waals surface area contributed by atoms with Crippen LogP contribution in [0.2, 0.25) is 0 Å². The summed E-state index contributed by atoms with van der Waals surface area (Å²) in [6, 6.07) is 11.3. The molecule has 0 spiro atoms. The first kappa shape index (κ1) is 19.7. The van der Waals surface area contributed by atoms with E-state index in [9.17, 15) is 14.0 Å². The van der Waals surface area contributed by atoms with E-state index in [1.165, 1.54) is 19.2 Å². The molecule has 0 bridgehead atoms. The van der Waals surface area contributed by atoms with Crippen LogP contribution in [0.15, 0.2) is 42.5 Å². The van der Waals surface area contributed by atoms with Crippen LogP contribution in [0.25, 0.3) is 0 Å². The van der Waals surface area contributed by atoms with E-state index in [2.05, 4.69) is 5.32 Å². The van der Waals surface area contributed by atoms with Crippen molar-refractivity contribution in [3.05, 3.63) is 53.8 Å². The van der Waals surface area contributed by atoms with E-state index in [0.717, 1.165) is 5.69 Å². The van der Waals surface area contributed by atoms with Gasteiger partial charge in [-0.05, 0) is 48.9 Å². The number of ether oxygens (including phenoxy) is 2. The molecule has 3 rings (SSSR count). The van der Waals surface area contributed by atoms with Crippen LogP contribution in [0.1, 0.15) is 24.9 Å². The molecule has 2 aromatic carbocycles. The molecule has 6 nitrogen and oxygen atoms in total. The number of nitrogens with one attached hydrogen (secondary N) is 1. The molecule has 0 radical (unpaired) electrons. The third kappa shape index (κ3) is 4.08. The van der Waals surface area contributed by atoms with Crippen LogP contribution in [-0.2, 0) is 9.59 Å². The van der Waals surface area contributed by atoms with Crippen molar-refractivity contribution in [2.45, 2.75) is 19.4 Å². The first-order valence-corrected chi connectivity index (χ1v) is 9.01. The smallest absolute Gasteiger partial charge is 0.227 e. The maximum absolute atomic E-state index is 13.9. The summed E-state index contributed by atoms with van der Waals surface area (Å²) in [5, 5.41) is 2.87. The molecule has 1 aliphatic rings. The van der Waals surface area contributed by atoms with Crippen molar-refractivity contribution in [3.8, 4) is 11.5 Å². The van der Waals surface area contributed by atoms with Crippen molar-refractivity contribution in [1.29, 1.82) is 0 Å². The van der Waals surface area contributed by atoms with Crippen LogP contribution in [0.3, 0.4) is 0 Å². The molecule has 28 heavy (non-hydrogen) atoms. The summed E-state index contributed by atoms with van der Waals surface area (Å²) in [7, 11) is 2.97. The summed E-state index contributed by atoms with van der Waals surface area (Å²) < 4.78 is 23.9. The standard InChI is InChI=1S/C21H23FN2O4/c1-13(14-4-9-19(28-3)18(22)10-14)23-21(26)15-11-20(25)24(12-15)16-5-7-17(27-2)8-6-16/h4-10,13,15H,11-12H2,1-3H3,(H,23,26)/t13-,15-/m1/s1. The molecular formula is C21H23FN2O4. The normalized spacial score (nSPS) is 17.4. The van der Waals surface area contributed by atoms with Crippen molar-refractivity contribution >= 4 is 17.5 Å². The Morgan fingerprint density at radius 1 is 1.18 bits per heavy atom. The van der Waals surface area contributed by atoms with Gasteiger partial charge in [0.25, 0.3) is 0 Å². The van der Waals surface area contributed by atoms with E-state index in [1.807, 2.05) is 0 Å². The summed E-state index contributed by atoms with van der Waals surface area (Å²) in [6.45, 7) is 2.08. The Balaban J connectivity index is 1.64. The van der Waals surface area contributed by atoms with Crippen LogP contribution in [0.4, 0.5) is 10.1 Å². The molecule has 2 amide bonds. The number of hydrogen-bond donors (Lipinski definition) is 1. The van der Waals surface area contributed by atoms with E-state index in [-0.39, 0.29) is 24.0 Å². The number of carbonyl (C=O) groups excluding carboxylic acids is 2. The van der Waals surface area contributed by atoms with Crippen LogP contribution in [-0.4, -0.2) is 32.6 Å². The van der Waals surface area contributed by atoms with Gasteiger partial charge in [0.05, 0.1) is 26.2 Å². The van der Waals surface area contributed by atoms with Gasteiger partial charge in [-0.3, -0.25) is 9.59 Å². The molecule has 7 heteroatoms. The van der Waals surface area contributed by atoms with Crippen molar-refractivity contribution in [3.63, 3.8) is 0 Å². The van der Waals surface area contributed by atoms with Crippen LogP contribution in [0.5, 0.6) is 11.5 Å². The van der Waals surface area contributed by atoms with E-state index in [0.29, 0.717) is 17.9 Å². The second kappa shape index (κ2) is 8.29. The lowest BCUT2D eigenvalue weighted by molar-refractivity contribution is -0.126. The quantitative estimate of drug-likeness (QED) is 0.829. The Morgan fingerprint density at radius 3 is 2.50 bits per heavy atom. The van der Waals surface area contributed by atoms with Gasteiger partial charge in [-0.2, -0.15) is 0 Å². The zero-order valence-electron chi connectivity index (χ0n) is 16.1. The average molecular weight is 386 g/mol. The minimum atomic E-state index is -0.483. The summed E-state index contributed by atoms with van der Waals surface area (Å²) in [5.74, 6) is -0.423. The molecular weight excluding hydrogens is 363 g/mol. The number of anilines is 1. The van der Waals surface area contributed by atoms with Gasteiger partial charge in [0.15, 0.2) is 11.6 Å². The average Bonchev–Trinajstić information content (AvgIpc) is 3.09. The highest BCUT2D eigenvalue weighted by Crippen LogP contribution is 2.28. The first-order chi connectivity index (χ1) is 13.4.